The minimum Gasteiger partial charge on any atom is -0.480 e. The van der Waals surface area contributed by atoms with E-state index in [1.54, 1.807) is 24.3 Å². The van der Waals surface area contributed by atoms with Crippen LogP contribution >= 0.6 is 0 Å². The average Bonchev–Trinajstić information content (AvgIpc) is 2.36. The molecular formula is C13H16O5. The molecule has 0 atom stereocenters. The lowest BCUT2D eigenvalue weighted by Gasteiger charge is -2.05. The van der Waals surface area contributed by atoms with E-state index in [9.17, 15) is 9.59 Å². The van der Waals surface area contributed by atoms with Crippen molar-refractivity contribution in [1.82, 2.24) is 0 Å². The van der Waals surface area contributed by atoms with E-state index in [0.29, 0.717) is 12.2 Å². The second-order valence-electron chi connectivity index (χ2n) is 3.72. The molecule has 1 aromatic carbocycles. The first-order chi connectivity index (χ1) is 8.63. The van der Waals surface area contributed by atoms with E-state index >= 15 is 0 Å². The number of carbonyl (C=O) groups excluding carboxylic acids is 1. The minimum atomic E-state index is -1.00. The summed E-state index contributed by atoms with van der Waals surface area (Å²) in [4.78, 5) is 21.7. The predicted octanol–water partition coefficient (Wildman–Crippen LogP) is 1.85. The summed E-state index contributed by atoms with van der Waals surface area (Å²) >= 11 is 0. The summed E-state index contributed by atoms with van der Waals surface area (Å²) in [6.07, 6.45) is 0.785. The van der Waals surface area contributed by atoms with E-state index in [4.69, 9.17) is 14.6 Å². The van der Waals surface area contributed by atoms with E-state index < -0.39 is 5.97 Å². The van der Waals surface area contributed by atoms with Crippen molar-refractivity contribution in [1.29, 1.82) is 0 Å². The zero-order valence-corrected chi connectivity index (χ0v) is 10.2. The van der Waals surface area contributed by atoms with Crippen LogP contribution in [0.15, 0.2) is 24.3 Å². The van der Waals surface area contributed by atoms with Crippen LogP contribution in [0.1, 0.15) is 29.3 Å². The van der Waals surface area contributed by atoms with Crippen molar-refractivity contribution in [3.8, 4) is 0 Å². The van der Waals surface area contributed by atoms with Crippen LogP contribution in [0.3, 0.4) is 0 Å². The molecule has 0 spiro atoms. The maximum atomic E-state index is 11.5. The monoisotopic (exact) mass is 252 g/mol. The highest BCUT2D eigenvalue weighted by Gasteiger charge is 2.06. The van der Waals surface area contributed by atoms with Crippen molar-refractivity contribution < 1.29 is 24.2 Å². The van der Waals surface area contributed by atoms with Crippen molar-refractivity contribution in [2.75, 3.05) is 13.2 Å². The van der Waals surface area contributed by atoms with Crippen molar-refractivity contribution in [3.63, 3.8) is 0 Å². The van der Waals surface area contributed by atoms with Gasteiger partial charge in [-0.2, -0.15) is 0 Å². The van der Waals surface area contributed by atoms with E-state index in [1.807, 2.05) is 6.92 Å². The molecule has 0 saturated carbocycles. The molecule has 0 unspecified atom stereocenters. The second kappa shape index (κ2) is 7.45. The maximum absolute atomic E-state index is 11.5. The first kappa shape index (κ1) is 14.2. The van der Waals surface area contributed by atoms with E-state index in [2.05, 4.69) is 0 Å². The van der Waals surface area contributed by atoms with Crippen molar-refractivity contribution in [2.24, 2.45) is 0 Å². The average molecular weight is 252 g/mol. The van der Waals surface area contributed by atoms with Gasteiger partial charge in [-0.25, -0.2) is 9.59 Å². The number of rotatable bonds is 7. The number of esters is 1. The summed E-state index contributed by atoms with van der Waals surface area (Å²) < 4.78 is 9.91. The van der Waals surface area contributed by atoms with E-state index in [1.165, 1.54) is 0 Å². The van der Waals surface area contributed by atoms with Crippen LogP contribution < -0.4 is 0 Å². The largest absolute Gasteiger partial charge is 0.480 e. The van der Waals surface area contributed by atoms with Gasteiger partial charge < -0.3 is 14.6 Å². The molecule has 0 aliphatic heterocycles. The van der Waals surface area contributed by atoms with Crippen LogP contribution in [0.25, 0.3) is 0 Å². The first-order valence-corrected chi connectivity index (χ1v) is 5.69. The van der Waals surface area contributed by atoms with Gasteiger partial charge in [0.05, 0.1) is 18.8 Å². The number of carboxylic acids is 1. The lowest BCUT2D eigenvalue weighted by atomic mass is 10.1. The fraction of sp³-hybridized carbons (Fsp3) is 0.385. The normalized spacial score (nSPS) is 10.1. The summed E-state index contributed by atoms with van der Waals surface area (Å²) in [5.41, 5.74) is 1.29. The number of ether oxygens (including phenoxy) is 2. The molecule has 0 heterocycles. The number of carbonyl (C=O) groups is 2. The Morgan fingerprint density at radius 1 is 1.22 bits per heavy atom. The van der Waals surface area contributed by atoms with Gasteiger partial charge in [-0.15, -0.1) is 0 Å². The van der Waals surface area contributed by atoms with Gasteiger partial charge in [0.25, 0.3) is 0 Å². The molecule has 0 fully saturated rings. The Morgan fingerprint density at radius 2 is 1.89 bits per heavy atom. The van der Waals surface area contributed by atoms with Crippen LogP contribution in [0.2, 0.25) is 0 Å². The quantitative estimate of drug-likeness (QED) is 0.750. The van der Waals surface area contributed by atoms with E-state index in [0.717, 1.165) is 12.0 Å². The molecule has 0 radical (unpaired) electrons. The number of carboxylic acid groups (broad SMARTS) is 1. The van der Waals surface area contributed by atoms with Gasteiger partial charge in [0.2, 0.25) is 0 Å². The summed E-state index contributed by atoms with van der Waals surface area (Å²) in [6, 6.07) is 6.70. The van der Waals surface area contributed by atoms with Crippen molar-refractivity contribution >= 4 is 11.9 Å². The van der Waals surface area contributed by atoms with Gasteiger partial charge in [0, 0.05) is 0 Å². The van der Waals surface area contributed by atoms with Gasteiger partial charge in [0.1, 0.15) is 6.61 Å². The zero-order chi connectivity index (χ0) is 13.4. The van der Waals surface area contributed by atoms with Crippen LogP contribution in [0.5, 0.6) is 0 Å². The molecule has 98 valence electrons. The molecule has 18 heavy (non-hydrogen) atoms. The van der Waals surface area contributed by atoms with Gasteiger partial charge >= 0.3 is 11.9 Å². The Kier molecular flexibility index (Phi) is 5.87. The molecule has 1 N–H and O–H groups in total. The Morgan fingerprint density at radius 3 is 2.44 bits per heavy atom. The highest BCUT2D eigenvalue weighted by molar-refractivity contribution is 5.89. The Balaban J connectivity index is 2.46. The van der Waals surface area contributed by atoms with Gasteiger partial charge in [-0.3, -0.25) is 0 Å². The Hall–Kier alpha value is -1.88. The molecular weight excluding hydrogens is 236 g/mol. The van der Waals surface area contributed by atoms with Crippen LogP contribution in [0, 0.1) is 0 Å². The van der Waals surface area contributed by atoms with Gasteiger partial charge in [-0.05, 0) is 24.1 Å². The standard InChI is InChI=1S/C13H16O5/c1-2-7-18-13(16)11-5-3-10(4-6-11)8-17-9-12(14)15/h3-6H,2,7-9H2,1H3,(H,14,15). The smallest absolute Gasteiger partial charge is 0.338 e. The molecule has 1 rings (SSSR count). The third kappa shape index (κ3) is 4.97. The number of hydrogen-bond donors (Lipinski definition) is 1. The molecule has 0 aliphatic carbocycles. The second-order valence-corrected chi connectivity index (χ2v) is 3.72. The molecule has 0 saturated heterocycles. The Bertz CT molecular complexity index is 396. The minimum absolute atomic E-state index is 0.205. The summed E-state index contributed by atoms with van der Waals surface area (Å²) in [5.74, 6) is -1.36. The third-order valence-electron chi connectivity index (χ3n) is 2.12. The van der Waals surface area contributed by atoms with Crippen LogP contribution in [0.4, 0.5) is 0 Å². The zero-order valence-electron chi connectivity index (χ0n) is 10.2. The lowest BCUT2D eigenvalue weighted by Crippen LogP contribution is -2.07. The van der Waals surface area contributed by atoms with Crippen molar-refractivity contribution in [2.45, 2.75) is 20.0 Å². The van der Waals surface area contributed by atoms with E-state index in [-0.39, 0.29) is 19.2 Å². The maximum Gasteiger partial charge on any atom is 0.338 e. The SMILES string of the molecule is CCCOC(=O)c1ccc(COCC(=O)O)cc1. The highest BCUT2D eigenvalue weighted by atomic mass is 16.5. The number of aliphatic carboxylic acids is 1. The fourth-order valence-corrected chi connectivity index (χ4v) is 1.27. The van der Waals surface area contributed by atoms with Crippen molar-refractivity contribution in [3.05, 3.63) is 35.4 Å². The summed E-state index contributed by atoms with van der Waals surface area (Å²) in [7, 11) is 0. The molecule has 0 aromatic heterocycles. The Labute approximate surface area is 105 Å². The molecule has 0 bridgehead atoms. The lowest BCUT2D eigenvalue weighted by molar-refractivity contribution is -0.142. The summed E-state index contributed by atoms with van der Waals surface area (Å²) in [5, 5.41) is 8.40. The number of benzene rings is 1. The number of hydrogen-bond acceptors (Lipinski definition) is 4. The third-order valence-corrected chi connectivity index (χ3v) is 2.12. The molecule has 5 heteroatoms. The highest BCUT2D eigenvalue weighted by Crippen LogP contribution is 2.07. The predicted molar refractivity (Wildman–Crippen MR) is 64.3 cm³/mol. The molecule has 5 nitrogen and oxygen atoms in total. The first-order valence-electron chi connectivity index (χ1n) is 5.69. The topological polar surface area (TPSA) is 72.8 Å². The summed E-state index contributed by atoms with van der Waals surface area (Å²) in [6.45, 7) is 2.20. The molecule has 0 amide bonds. The molecule has 1 aromatic rings. The fourth-order valence-electron chi connectivity index (χ4n) is 1.27. The molecule has 0 aliphatic rings. The van der Waals surface area contributed by atoms with Crippen LogP contribution in [-0.2, 0) is 20.9 Å². The van der Waals surface area contributed by atoms with Gasteiger partial charge in [0.15, 0.2) is 0 Å². The van der Waals surface area contributed by atoms with Crippen LogP contribution in [-0.4, -0.2) is 30.3 Å². The van der Waals surface area contributed by atoms with Gasteiger partial charge in [-0.1, -0.05) is 19.1 Å².